The molecule has 0 fully saturated rings. The zero-order valence-corrected chi connectivity index (χ0v) is 19.1. The van der Waals surface area contributed by atoms with Crippen LogP contribution in [-0.4, -0.2) is 0 Å². The Bertz CT molecular complexity index is 739. The van der Waals surface area contributed by atoms with E-state index in [1.165, 1.54) is 95.5 Å². The summed E-state index contributed by atoms with van der Waals surface area (Å²) < 4.78 is 6.08. The van der Waals surface area contributed by atoms with Crippen molar-refractivity contribution in [1.29, 1.82) is 0 Å². The Morgan fingerprint density at radius 3 is 1.83 bits per heavy atom. The maximum absolute atomic E-state index is 6.08. The summed E-state index contributed by atoms with van der Waals surface area (Å²) in [5.41, 5.74) is 3.60. The van der Waals surface area contributed by atoms with Gasteiger partial charge in [0, 0.05) is 0 Å². The number of hydrogen-bond donors (Lipinski definition) is 1. The van der Waals surface area contributed by atoms with E-state index in [4.69, 9.17) is 4.74 Å². The lowest BCUT2D eigenvalue weighted by molar-refractivity contribution is 0.480. The highest BCUT2D eigenvalue weighted by Crippen LogP contribution is 2.43. The second-order valence-corrected chi connectivity index (χ2v) is 8.86. The molecular formula is C28H41NO. The van der Waals surface area contributed by atoms with Gasteiger partial charge in [0.25, 0.3) is 0 Å². The lowest BCUT2D eigenvalue weighted by Crippen LogP contribution is -2.05. The molecule has 1 aliphatic heterocycles. The maximum Gasteiger partial charge on any atom is 0.151 e. The van der Waals surface area contributed by atoms with Crippen LogP contribution in [0.5, 0.6) is 11.5 Å². The summed E-state index contributed by atoms with van der Waals surface area (Å²) in [5.74, 6) is 1.87. The third-order valence-electron chi connectivity index (χ3n) is 6.28. The van der Waals surface area contributed by atoms with Crippen LogP contribution >= 0.6 is 0 Å². The number of benzene rings is 2. The molecule has 1 N–H and O–H groups in total. The summed E-state index contributed by atoms with van der Waals surface area (Å²) in [4.78, 5) is 0. The minimum Gasteiger partial charge on any atom is -0.453 e. The number of hydrogen-bond acceptors (Lipinski definition) is 2. The Hall–Kier alpha value is -1.96. The molecule has 0 saturated carbocycles. The first-order valence-electron chi connectivity index (χ1n) is 12.5. The normalized spacial score (nSPS) is 12.0. The lowest BCUT2D eigenvalue weighted by atomic mass is 10.0. The van der Waals surface area contributed by atoms with Crippen molar-refractivity contribution in [3.05, 3.63) is 48.0 Å². The fraction of sp³-hybridized carbons (Fsp3) is 0.571. The molecule has 164 valence electrons. The Morgan fingerprint density at radius 2 is 1.17 bits per heavy atom. The molecule has 0 bridgehead atoms. The highest BCUT2D eigenvalue weighted by atomic mass is 16.5. The van der Waals surface area contributed by atoms with E-state index in [0.717, 1.165) is 29.3 Å². The molecule has 1 heterocycles. The van der Waals surface area contributed by atoms with Crippen LogP contribution < -0.4 is 10.1 Å². The summed E-state index contributed by atoms with van der Waals surface area (Å²) in [6, 6.07) is 14.6. The zero-order valence-electron chi connectivity index (χ0n) is 19.1. The van der Waals surface area contributed by atoms with E-state index in [1.54, 1.807) is 0 Å². The number of unbranched alkanes of at least 4 members (excludes halogenated alkanes) is 13. The minimum atomic E-state index is 0.915. The summed E-state index contributed by atoms with van der Waals surface area (Å²) >= 11 is 0. The average Bonchev–Trinajstić information content (AvgIpc) is 2.78. The van der Waals surface area contributed by atoms with Gasteiger partial charge in [-0.1, -0.05) is 115 Å². The molecule has 0 radical (unpaired) electrons. The van der Waals surface area contributed by atoms with E-state index in [2.05, 4.69) is 42.6 Å². The second-order valence-electron chi connectivity index (χ2n) is 8.86. The molecule has 2 aromatic carbocycles. The largest absolute Gasteiger partial charge is 0.453 e. The Labute approximate surface area is 184 Å². The molecular weight excluding hydrogens is 366 g/mol. The summed E-state index contributed by atoms with van der Waals surface area (Å²) in [5, 5.41) is 3.58. The molecule has 2 heteroatoms. The first-order chi connectivity index (χ1) is 14.9. The van der Waals surface area contributed by atoms with Crippen molar-refractivity contribution < 1.29 is 4.74 Å². The molecule has 0 amide bonds. The zero-order chi connectivity index (χ0) is 20.9. The lowest BCUT2D eigenvalue weighted by Gasteiger charge is -2.24. The Morgan fingerprint density at radius 1 is 0.600 bits per heavy atom. The third kappa shape index (κ3) is 7.38. The van der Waals surface area contributed by atoms with Gasteiger partial charge in [0.15, 0.2) is 11.5 Å². The second kappa shape index (κ2) is 13.4. The van der Waals surface area contributed by atoms with Crippen LogP contribution in [0, 0.1) is 0 Å². The molecule has 2 aromatic rings. The molecule has 30 heavy (non-hydrogen) atoms. The van der Waals surface area contributed by atoms with Gasteiger partial charge in [0.05, 0.1) is 11.4 Å². The van der Waals surface area contributed by atoms with Crippen molar-refractivity contribution in [2.24, 2.45) is 0 Å². The van der Waals surface area contributed by atoms with Gasteiger partial charge in [-0.05, 0) is 36.6 Å². The van der Waals surface area contributed by atoms with Crippen molar-refractivity contribution in [3.8, 4) is 11.5 Å². The van der Waals surface area contributed by atoms with Gasteiger partial charge in [-0.25, -0.2) is 0 Å². The van der Waals surface area contributed by atoms with Crippen LogP contribution in [0.25, 0.3) is 0 Å². The summed E-state index contributed by atoms with van der Waals surface area (Å²) in [6.07, 6.45) is 20.8. The monoisotopic (exact) mass is 407 g/mol. The number of para-hydroxylation sites is 3. The topological polar surface area (TPSA) is 21.3 Å². The van der Waals surface area contributed by atoms with Gasteiger partial charge < -0.3 is 10.1 Å². The number of anilines is 2. The maximum atomic E-state index is 6.08. The van der Waals surface area contributed by atoms with Crippen LogP contribution in [0.3, 0.4) is 0 Å². The predicted molar refractivity (Wildman–Crippen MR) is 130 cm³/mol. The number of aryl methyl sites for hydroxylation is 1. The van der Waals surface area contributed by atoms with Gasteiger partial charge in [-0.3, -0.25) is 0 Å². The van der Waals surface area contributed by atoms with Crippen molar-refractivity contribution >= 4 is 11.4 Å². The number of nitrogens with one attached hydrogen (secondary N) is 1. The molecule has 2 nitrogen and oxygen atoms in total. The van der Waals surface area contributed by atoms with Gasteiger partial charge in [0.1, 0.15) is 0 Å². The quantitative estimate of drug-likeness (QED) is 0.253. The first-order valence-corrected chi connectivity index (χ1v) is 12.5. The predicted octanol–water partition coefficient (Wildman–Crippen LogP) is 9.56. The third-order valence-corrected chi connectivity index (χ3v) is 6.28. The van der Waals surface area contributed by atoms with E-state index in [-0.39, 0.29) is 0 Å². The van der Waals surface area contributed by atoms with E-state index >= 15 is 0 Å². The van der Waals surface area contributed by atoms with Crippen molar-refractivity contribution in [2.75, 3.05) is 5.32 Å². The number of ether oxygens (including phenoxy) is 1. The number of fused-ring (bicyclic) bond motifs is 2. The molecule has 0 atom stereocenters. The summed E-state index contributed by atoms with van der Waals surface area (Å²) in [6.45, 7) is 2.29. The summed E-state index contributed by atoms with van der Waals surface area (Å²) in [7, 11) is 0. The first kappa shape index (κ1) is 22.7. The Kier molecular flexibility index (Phi) is 10.1. The van der Waals surface area contributed by atoms with E-state index < -0.39 is 0 Å². The van der Waals surface area contributed by atoms with Crippen LogP contribution in [0.2, 0.25) is 0 Å². The van der Waals surface area contributed by atoms with E-state index in [0.29, 0.717) is 0 Å². The molecule has 0 aromatic heterocycles. The fourth-order valence-electron chi connectivity index (χ4n) is 4.43. The van der Waals surface area contributed by atoms with Crippen LogP contribution in [-0.2, 0) is 6.42 Å². The van der Waals surface area contributed by atoms with Crippen molar-refractivity contribution in [1.82, 2.24) is 0 Å². The Balaban J connectivity index is 1.24. The van der Waals surface area contributed by atoms with E-state index in [9.17, 15) is 0 Å². The van der Waals surface area contributed by atoms with Crippen LogP contribution in [0.15, 0.2) is 42.5 Å². The molecule has 0 aliphatic carbocycles. The van der Waals surface area contributed by atoms with Crippen molar-refractivity contribution in [2.45, 2.75) is 103 Å². The van der Waals surface area contributed by atoms with Gasteiger partial charge in [-0.15, -0.1) is 0 Å². The highest BCUT2D eigenvalue weighted by Gasteiger charge is 2.18. The van der Waals surface area contributed by atoms with Gasteiger partial charge >= 0.3 is 0 Å². The molecule has 0 saturated heterocycles. The SMILES string of the molecule is CCCCCCCCCCCCCCCCc1cccc2c1Nc1ccccc1O2. The molecule has 3 rings (SSSR count). The van der Waals surface area contributed by atoms with Crippen LogP contribution in [0.4, 0.5) is 11.4 Å². The number of rotatable bonds is 15. The van der Waals surface area contributed by atoms with E-state index in [1.807, 2.05) is 12.1 Å². The highest BCUT2D eigenvalue weighted by molar-refractivity contribution is 5.77. The molecule has 0 spiro atoms. The standard InChI is InChI=1S/C28H41NO/c1-2-3-4-5-6-7-8-9-10-11-12-13-14-15-19-24-20-18-23-27-28(24)29-25-21-16-17-22-26(25)30-27/h16-18,20-23,29H,2-15,19H2,1H3. The van der Waals surface area contributed by atoms with Gasteiger partial charge in [0.2, 0.25) is 0 Å². The molecule has 1 aliphatic rings. The minimum absolute atomic E-state index is 0.915. The smallest absolute Gasteiger partial charge is 0.151 e. The molecule has 0 unspecified atom stereocenters. The van der Waals surface area contributed by atoms with Gasteiger partial charge in [-0.2, -0.15) is 0 Å². The average molecular weight is 408 g/mol. The van der Waals surface area contributed by atoms with Crippen LogP contribution in [0.1, 0.15) is 102 Å². The fourth-order valence-corrected chi connectivity index (χ4v) is 4.43. The van der Waals surface area contributed by atoms with Crippen molar-refractivity contribution in [3.63, 3.8) is 0 Å².